The average molecular weight is 393 g/mol. The zero-order chi connectivity index (χ0) is 19.9. The van der Waals surface area contributed by atoms with E-state index in [0.29, 0.717) is 23.1 Å². The third-order valence-electron chi connectivity index (χ3n) is 3.86. The zero-order valence-corrected chi connectivity index (χ0v) is 16.4. The minimum absolute atomic E-state index is 0.0237. The van der Waals surface area contributed by atoms with Crippen LogP contribution in [0.5, 0.6) is 11.5 Å². The summed E-state index contributed by atoms with van der Waals surface area (Å²) in [7, 11) is 1.59. The Balaban J connectivity index is 1.82. The molecular formula is C21H19N3O3S. The van der Waals surface area contributed by atoms with Crippen molar-refractivity contribution in [3.63, 3.8) is 0 Å². The van der Waals surface area contributed by atoms with E-state index in [0.717, 1.165) is 22.4 Å². The maximum absolute atomic E-state index is 12.6. The number of nitrogens with zero attached hydrogens (tertiary/aromatic N) is 2. The number of nitriles is 1. The Hall–Kier alpha value is -3.37. The number of anilines is 1. The first-order valence-electron chi connectivity index (χ1n) is 8.74. The van der Waals surface area contributed by atoms with Crippen molar-refractivity contribution < 1.29 is 14.3 Å². The number of carbonyl (C=O) groups excluding carboxylic acids is 1. The number of benzene rings is 2. The molecule has 2 aromatic carbocycles. The number of aromatic nitrogens is 1. The van der Waals surface area contributed by atoms with Crippen LogP contribution in [0.15, 0.2) is 48.0 Å². The van der Waals surface area contributed by atoms with Crippen molar-refractivity contribution in [2.45, 2.75) is 13.3 Å². The largest absolute Gasteiger partial charge is 0.497 e. The van der Waals surface area contributed by atoms with Crippen LogP contribution >= 0.6 is 11.3 Å². The molecule has 1 N–H and O–H groups in total. The standard InChI is InChI=1S/C21H19N3O3S/c1-3-10-27-18-7-5-4-6-14(18)11-15(13-22)20(25)24-21-23-17-9-8-16(26-2)12-19(17)28-21/h4-9,11-12H,3,10H2,1-2H3,(H,23,24,25)/b15-11+. The monoisotopic (exact) mass is 393 g/mol. The van der Waals surface area contributed by atoms with Gasteiger partial charge in [0.1, 0.15) is 23.1 Å². The van der Waals surface area contributed by atoms with Gasteiger partial charge in [-0.15, -0.1) is 0 Å². The highest BCUT2D eigenvalue weighted by molar-refractivity contribution is 7.22. The van der Waals surface area contributed by atoms with E-state index in [2.05, 4.69) is 10.3 Å². The minimum atomic E-state index is -0.515. The smallest absolute Gasteiger partial charge is 0.268 e. The molecule has 0 unspecified atom stereocenters. The van der Waals surface area contributed by atoms with Crippen LogP contribution in [0.4, 0.5) is 5.13 Å². The van der Waals surface area contributed by atoms with E-state index in [1.54, 1.807) is 13.2 Å². The van der Waals surface area contributed by atoms with Crippen molar-refractivity contribution in [2.24, 2.45) is 0 Å². The molecule has 0 saturated carbocycles. The highest BCUT2D eigenvalue weighted by Crippen LogP contribution is 2.29. The van der Waals surface area contributed by atoms with Gasteiger partial charge in [0.05, 0.1) is 23.9 Å². The van der Waals surface area contributed by atoms with Crippen molar-refractivity contribution in [2.75, 3.05) is 19.0 Å². The van der Waals surface area contributed by atoms with Gasteiger partial charge in [-0.1, -0.05) is 36.5 Å². The predicted molar refractivity (Wildman–Crippen MR) is 111 cm³/mol. The van der Waals surface area contributed by atoms with E-state index in [1.807, 2.05) is 49.4 Å². The fourth-order valence-corrected chi connectivity index (χ4v) is 3.39. The number of para-hydroxylation sites is 1. The van der Waals surface area contributed by atoms with E-state index >= 15 is 0 Å². The average Bonchev–Trinajstić information content (AvgIpc) is 3.12. The molecule has 7 heteroatoms. The molecule has 0 aliphatic carbocycles. The molecule has 1 amide bonds. The summed E-state index contributed by atoms with van der Waals surface area (Å²) in [6, 6.07) is 14.7. The van der Waals surface area contributed by atoms with Crippen LogP contribution in [-0.4, -0.2) is 24.6 Å². The normalized spacial score (nSPS) is 11.1. The van der Waals surface area contributed by atoms with E-state index in [1.165, 1.54) is 17.4 Å². The van der Waals surface area contributed by atoms with Gasteiger partial charge in [0.15, 0.2) is 5.13 Å². The number of methoxy groups -OCH3 is 1. The molecule has 1 aromatic heterocycles. The number of carbonyl (C=O) groups is 1. The SMILES string of the molecule is CCCOc1ccccc1/C=C(\C#N)C(=O)Nc1nc2ccc(OC)cc2s1. The Kier molecular flexibility index (Phi) is 6.25. The Morgan fingerprint density at radius 3 is 2.89 bits per heavy atom. The lowest BCUT2D eigenvalue weighted by molar-refractivity contribution is -0.112. The topological polar surface area (TPSA) is 84.2 Å². The molecule has 0 aliphatic rings. The molecule has 0 spiro atoms. The molecule has 3 aromatic rings. The molecule has 1 heterocycles. The number of fused-ring (bicyclic) bond motifs is 1. The summed E-state index contributed by atoms with van der Waals surface area (Å²) in [5.74, 6) is 0.839. The fraction of sp³-hybridized carbons (Fsp3) is 0.190. The highest BCUT2D eigenvalue weighted by atomic mass is 32.1. The van der Waals surface area contributed by atoms with Crippen LogP contribution in [-0.2, 0) is 4.79 Å². The minimum Gasteiger partial charge on any atom is -0.497 e. The van der Waals surface area contributed by atoms with Crippen LogP contribution in [0.1, 0.15) is 18.9 Å². The lowest BCUT2D eigenvalue weighted by Crippen LogP contribution is -2.13. The second-order valence-corrected chi connectivity index (χ2v) is 6.89. The number of nitrogens with one attached hydrogen (secondary N) is 1. The van der Waals surface area contributed by atoms with Crippen LogP contribution < -0.4 is 14.8 Å². The summed E-state index contributed by atoms with van der Waals surface area (Å²) < 4.78 is 11.8. The van der Waals surface area contributed by atoms with Gasteiger partial charge in [-0.2, -0.15) is 5.26 Å². The summed E-state index contributed by atoms with van der Waals surface area (Å²) in [5, 5.41) is 12.6. The van der Waals surface area contributed by atoms with E-state index in [4.69, 9.17) is 9.47 Å². The van der Waals surface area contributed by atoms with Crippen LogP contribution in [0.25, 0.3) is 16.3 Å². The van der Waals surface area contributed by atoms with Crippen molar-refractivity contribution in [3.05, 3.63) is 53.6 Å². The predicted octanol–water partition coefficient (Wildman–Crippen LogP) is 4.64. The molecule has 28 heavy (non-hydrogen) atoms. The lowest BCUT2D eigenvalue weighted by Gasteiger charge is -2.08. The maximum Gasteiger partial charge on any atom is 0.268 e. The Morgan fingerprint density at radius 1 is 1.32 bits per heavy atom. The van der Waals surface area contributed by atoms with E-state index < -0.39 is 5.91 Å². The molecule has 0 aliphatic heterocycles. The summed E-state index contributed by atoms with van der Waals surface area (Å²) in [4.78, 5) is 17.0. The molecule has 0 atom stereocenters. The Morgan fingerprint density at radius 2 is 2.14 bits per heavy atom. The van der Waals surface area contributed by atoms with Crippen molar-refractivity contribution in [3.8, 4) is 17.6 Å². The van der Waals surface area contributed by atoms with Crippen molar-refractivity contribution >= 4 is 38.7 Å². The first-order valence-corrected chi connectivity index (χ1v) is 9.55. The molecule has 3 rings (SSSR count). The number of amides is 1. The van der Waals surface area contributed by atoms with Gasteiger partial charge >= 0.3 is 0 Å². The number of thiazole rings is 1. The number of hydrogen-bond donors (Lipinski definition) is 1. The van der Waals surface area contributed by atoms with Crippen LogP contribution in [0.2, 0.25) is 0 Å². The Bertz CT molecular complexity index is 1070. The fourth-order valence-electron chi connectivity index (χ4n) is 2.50. The van der Waals surface area contributed by atoms with Crippen LogP contribution in [0.3, 0.4) is 0 Å². The molecule has 0 saturated heterocycles. The first-order chi connectivity index (χ1) is 13.6. The molecular weight excluding hydrogens is 374 g/mol. The van der Waals surface area contributed by atoms with Gasteiger partial charge in [0, 0.05) is 5.56 Å². The molecule has 0 radical (unpaired) electrons. The highest BCUT2D eigenvalue weighted by Gasteiger charge is 2.14. The first kappa shape index (κ1) is 19.4. The van der Waals surface area contributed by atoms with E-state index in [-0.39, 0.29) is 5.57 Å². The molecule has 0 fully saturated rings. The second kappa shape index (κ2) is 9.02. The molecule has 6 nitrogen and oxygen atoms in total. The zero-order valence-electron chi connectivity index (χ0n) is 15.6. The second-order valence-electron chi connectivity index (χ2n) is 5.86. The maximum atomic E-state index is 12.6. The van der Waals surface area contributed by atoms with Gasteiger partial charge in [0.25, 0.3) is 5.91 Å². The molecule has 142 valence electrons. The van der Waals surface area contributed by atoms with Gasteiger partial charge in [0.2, 0.25) is 0 Å². The quantitative estimate of drug-likeness (QED) is 0.467. The Labute approximate surface area is 167 Å². The molecule has 0 bridgehead atoms. The third kappa shape index (κ3) is 4.48. The van der Waals surface area contributed by atoms with Crippen LogP contribution in [0, 0.1) is 11.3 Å². The van der Waals surface area contributed by atoms with Gasteiger partial charge < -0.3 is 9.47 Å². The summed E-state index contributed by atoms with van der Waals surface area (Å²) >= 11 is 1.32. The summed E-state index contributed by atoms with van der Waals surface area (Å²) in [6.07, 6.45) is 2.39. The summed E-state index contributed by atoms with van der Waals surface area (Å²) in [6.45, 7) is 2.58. The number of hydrogen-bond acceptors (Lipinski definition) is 6. The van der Waals surface area contributed by atoms with Crippen molar-refractivity contribution in [1.82, 2.24) is 4.98 Å². The van der Waals surface area contributed by atoms with Gasteiger partial charge in [-0.3, -0.25) is 10.1 Å². The van der Waals surface area contributed by atoms with Crippen molar-refractivity contribution in [1.29, 1.82) is 5.26 Å². The van der Waals surface area contributed by atoms with Gasteiger partial charge in [-0.05, 0) is 36.8 Å². The lowest BCUT2D eigenvalue weighted by atomic mass is 10.1. The summed E-state index contributed by atoms with van der Waals surface area (Å²) in [5.41, 5.74) is 1.41. The third-order valence-corrected chi connectivity index (χ3v) is 4.80. The van der Waals surface area contributed by atoms with Gasteiger partial charge in [-0.25, -0.2) is 4.98 Å². The number of rotatable bonds is 7. The number of ether oxygens (including phenoxy) is 2. The van der Waals surface area contributed by atoms with E-state index in [9.17, 15) is 10.1 Å².